The van der Waals surface area contributed by atoms with Crippen LogP contribution in [0.25, 0.3) is 6.08 Å². The molecule has 1 amide bonds. The zero-order valence-corrected chi connectivity index (χ0v) is 14.8. The number of anilines is 1. The Bertz CT molecular complexity index is 685. The molecule has 1 N–H and O–H groups in total. The molecule has 0 saturated heterocycles. The summed E-state index contributed by atoms with van der Waals surface area (Å²) in [4.78, 5) is 12.2. The lowest BCUT2D eigenvalue weighted by Crippen LogP contribution is -2.23. The quantitative estimate of drug-likeness (QED) is 0.757. The van der Waals surface area contributed by atoms with Gasteiger partial charge in [-0.05, 0) is 37.1 Å². The first-order valence-electron chi connectivity index (χ1n) is 7.46. The van der Waals surface area contributed by atoms with Crippen molar-refractivity contribution in [1.82, 2.24) is 0 Å². The van der Waals surface area contributed by atoms with Crippen molar-refractivity contribution >= 4 is 41.0 Å². The van der Waals surface area contributed by atoms with Crippen molar-refractivity contribution < 1.29 is 4.79 Å². The van der Waals surface area contributed by atoms with Gasteiger partial charge >= 0.3 is 0 Å². The molecule has 0 fully saturated rings. The van der Waals surface area contributed by atoms with Gasteiger partial charge in [-0.1, -0.05) is 60.2 Å². The molecular weight excluding hydrogens is 326 g/mol. The molecule has 0 aliphatic carbocycles. The average Bonchev–Trinajstić information content (AvgIpc) is 2.55. The van der Waals surface area contributed by atoms with E-state index in [4.69, 9.17) is 11.6 Å². The van der Waals surface area contributed by atoms with Crippen molar-refractivity contribution in [3.05, 3.63) is 70.8 Å². The monoisotopic (exact) mass is 345 g/mol. The number of benzene rings is 2. The van der Waals surface area contributed by atoms with E-state index in [1.807, 2.05) is 44.2 Å². The van der Waals surface area contributed by atoms with Gasteiger partial charge in [0.2, 0.25) is 5.91 Å². The van der Waals surface area contributed by atoms with E-state index >= 15 is 0 Å². The topological polar surface area (TPSA) is 29.1 Å². The van der Waals surface area contributed by atoms with Crippen LogP contribution in [0.2, 0.25) is 5.02 Å². The summed E-state index contributed by atoms with van der Waals surface area (Å²) < 4.78 is 0. The van der Waals surface area contributed by atoms with Gasteiger partial charge in [-0.3, -0.25) is 4.79 Å². The highest BCUT2D eigenvalue weighted by Crippen LogP contribution is 2.21. The SMILES string of the molecule is Cc1ccc(Cl)cc1NC(=O)[C@@H](C)SC/C=C\c1ccccc1. The second-order valence-corrected chi connectivity index (χ2v) is 7.05. The minimum absolute atomic E-state index is 0.00604. The Morgan fingerprint density at radius 1 is 1.26 bits per heavy atom. The second-order valence-electron chi connectivity index (χ2n) is 5.24. The summed E-state index contributed by atoms with van der Waals surface area (Å²) in [6.45, 7) is 3.86. The van der Waals surface area contributed by atoms with Crippen LogP contribution >= 0.6 is 23.4 Å². The van der Waals surface area contributed by atoms with E-state index in [0.29, 0.717) is 5.02 Å². The summed E-state index contributed by atoms with van der Waals surface area (Å²) >= 11 is 7.58. The number of rotatable bonds is 6. The standard InChI is InChI=1S/C19H20ClNOS/c1-14-10-11-17(20)13-18(14)21-19(22)15(2)23-12-6-9-16-7-4-3-5-8-16/h3-11,13,15H,12H2,1-2H3,(H,21,22)/b9-6-/t15-/m1/s1. The highest BCUT2D eigenvalue weighted by atomic mass is 35.5. The molecule has 0 bridgehead atoms. The van der Waals surface area contributed by atoms with Gasteiger partial charge in [-0.2, -0.15) is 0 Å². The normalized spacial score (nSPS) is 12.3. The molecule has 0 unspecified atom stereocenters. The number of carbonyl (C=O) groups excluding carboxylic acids is 1. The third kappa shape index (κ3) is 5.77. The predicted octanol–water partition coefficient (Wildman–Crippen LogP) is 5.42. The third-order valence-corrected chi connectivity index (χ3v) is 4.71. The minimum Gasteiger partial charge on any atom is -0.325 e. The molecule has 2 aromatic rings. The number of nitrogens with one attached hydrogen (secondary N) is 1. The van der Waals surface area contributed by atoms with E-state index in [1.54, 1.807) is 17.8 Å². The van der Waals surface area contributed by atoms with Crippen molar-refractivity contribution in [1.29, 1.82) is 0 Å². The third-order valence-electron chi connectivity index (χ3n) is 3.38. The summed E-state index contributed by atoms with van der Waals surface area (Å²) in [5, 5.41) is 3.43. The molecule has 0 heterocycles. The lowest BCUT2D eigenvalue weighted by molar-refractivity contribution is -0.115. The highest BCUT2D eigenvalue weighted by Gasteiger charge is 2.13. The number of hydrogen-bond donors (Lipinski definition) is 1. The molecule has 23 heavy (non-hydrogen) atoms. The molecule has 0 radical (unpaired) electrons. The van der Waals surface area contributed by atoms with Crippen LogP contribution in [-0.2, 0) is 4.79 Å². The number of hydrogen-bond acceptors (Lipinski definition) is 2. The largest absolute Gasteiger partial charge is 0.325 e. The van der Waals surface area contributed by atoms with Gasteiger partial charge in [0.05, 0.1) is 5.25 Å². The van der Waals surface area contributed by atoms with Gasteiger partial charge in [0.25, 0.3) is 0 Å². The Hall–Kier alpha value is -1.71. The van der Waals surface area contributed by atoms with Gasteiger partial charge in [-0.15, -0.1) is 11.8 Å². The number of halogens is 1. The number of thioether (sulfide) groups is 1. The smallest absolute Gasteiger partial charge is 0.237 e. The van der Waals surface area contributed by atoms with Gasteiger partial charge in [-0.25, -0.2) is 0 Å². The Balaban J connectivity index is 1.83. The minimum atomic E-state index is -0.131. The van der Waals surface area contributed by atoms with Crippen LogP contribution in [0, 0.1) is 6.92 Å². The van der Waals surface area contributed by atoms with E-state index in [-0.39, 0.29) is 11.2 Å². The molecule has 1 atom stereocenters. The average molecular weight is 346 g/mol. The van der Waals surface area contributed by atoms with Crippen LogP contribution in [0.15, 0.2) is 54.6 Å². The fraction of sp³-hybridized carbons (Fsp3) is 0.211. The van der Waals surface area contributed by atoms with Crippen molar-refractivity contribution in [2.24, 2.45) is 0 Å². The van der Waals surface area contributed by atoms with Crippen LogP contribution in [-0.4, -0.2) is 16.9 Å². The number of carbonyl (C=O) groups is 1. The fourth-order valence-electron chi connectivity index (χ4n) is 1.99. The molecule has 0 saturated carbocycles. The van der Waals surface area contributed by atoms with Crippen molar-refractivity contribution in [3.63, 3.8) is 0 Å². The van der Waals surface area contributed by atoms with E-state index in [0.717, 1.165) is 17.0 Å². The molecule has 2 rings (SSSR count). The molecule has 120 valence electrons. The van der Waals surface area contributed by atoms with E-state index < -0.39 is 0 Å². The van der Waals surface area contributed by atoms with Gasteiger partial charge in [0.15, 0.2) is 0 Å². The zero-order chi connectivity index (χ0) is 16.7. The van der Waals surface area contributed by atoms with E-state index in [1.165, 1.54) is 5.56 Å². The summed E-state index contributed by atoms with van der Waals surface area (Å²) in [5.41, 5.74) is 2.94. The highest BCUT2D eigenvalue weighted by molar-refractivity contribution is 8.00. The molecule has 0 aromatic heterocycles. The maximum atomic E-state index is 12.2. The molecule has 2 nitrogen and oxygen atoms in total. The molecule has 0 aliphatic heterocycles. The first-order chi connectivity index (χ1) is 11.1. The Morgan fingerprint density at radius 3 is 2.74 bits per heavy atom. The van der Waals surface area contributed by atoms with E-state index in [9.17, 15) is 4.79 Å². The van der Waals surface area contributed by atoms with Crippen LogP contribution in [0.5, 0.6) is 0 Å². The predicted molar refractivity (Wildman–Crippen MR) is 102 cm³/mol. The molecular formula is C19H20ClNOS. The molecule has 0 aliphatic rings. The lowest BCUT2D eigenvalue weighted by Gasteiger charge is -2.13. The summed E-state index contributed by atoms with van der Waals surface area (Å²) in [5.74, 6) is 0.784. The summed E-state index contributed by atoms with van der Waals surface area (Å²) in [6.07, 6.45) is 4.15. The maximum absolute atomic E-state index is 12.2. The lowest BCUT2D eigenvalue weighted by atomic mass is 10.2. The van der Waals surface area contributed by atoms with Crippen LogP contribution in [0.1, 0.15) is 18.1 Å². The number of aryl methyl sites for hydroxylation is 1. The first kappa shape index (κ1) is 17.6. The summed E-state index contributed by atoms with van der Waals surface area (Å²) in [7, 11) is 0. The Morgan fingerprint density at radius 2 is 2.00 bits per heavy atom. The van der Waals surface area contributed by atoms with Crippen molar-refractivity contribution in [2.75, 3.05) is 11.1 Å². The molecule has 4 heteroatoms. The van der Waals surface area contributed by atoms with Gasteiger partial charge in [0.1, 0.15) is 0 Å². The van der Waals surface area contributed by atoms with Gasteiger partial charge in [0, 0.05) is 16.5 Å². The Labute approximate surface area is 146 Å². The second kappa shape index (κ2) is 8.80. The van der Waals surface area contributed by atoms with Gasteiger partial charge < -0.3 is 5.32 Å². The maximum Gasteiger partial charge on any atom is 0.237 e. The molecule has 0 spiro atoms. The number of amides is 1. The van der Waals surface area contributed by atoms with Crippen LogP contribution in [0.3, 0.4) is 0 Å². The Kier molecular flexibility index (Phi) is 6.75. The summed E-state index contributed by atoms with van der Waals surface area (Å²) in [6, 6.07) is 15.6. The van der Waals surface area contributed by atoms with E-state index in [2.05, 4.69) is 29.6 Å². The first-order valence-corrected chi connectivity index (χ1v) is 8.89. The van der Waals surface area contributed by atoms with Crippen molar-refractivity contribution in [2.45, 2.75) is 19.1 Å². The van der Waals surface area contributed by atoms with Crippen LogP contribution < -0.4 is 5.32 Å². The zero-order valence-electron chi connectivity index (χ0n) is 13.3. The molecule has 2 aromatic carbocycles. The fourth-order valence-corrected chi connectivity index (χ4v) is 2.87. The van der Waals surface area contributed by atoms with Crippen molar-refractivity contribution in [3.8, 4) is 0 Å². The van der Waals surface area contributed by atoms with Crippen LogP contribution in [0.4, 0.5) is 5.69 Å².